The van der Waals surface area contributed by atoms with Crippen LogP contribution in [0.5, 0.6) is 0 Å². The van der Waals surface area contributed by atoms with Crippen molar-refractivity contribution in [2.45, 2.75) is 53.2 Å². The zero-order valence-electron chi connectivity index (χ0n) is 20.6. The quantitative estimate of drug-likeness (QED) is 0.352. The van der Waals surface area contributed by atoms with Crippen molar-refractivity contribution in [1.82, 2.24) is 14.6 Å². The SMILES string of the molecule is C=C(NN)c1ccc(CN(c2ccccc2)S(=C)N2CC(C)N(C(C)=O)C(C)C2)cc1.CC. The van der Waals surface area contributed by atoms with E-state index >= 15 is 0 Å². The highest BCUT2D eigenvalue weighted by Gasteiger charge is 2.33. The molecule has 1 amide bonds. The van der Waals surface area contributed by atoms with Crippen LogP contribution in [0, 0.1) is 0 Å². The van der Waals surface area contributed by atoms with Gasteiger partial charge in [0.25, 0.3) is 0 Å². The van der Waals surface area contributed by atoms with E-state index in [0.717, 1.165) is 30.9 Å². The molecule has 3 unspecified atom stereocenters. The Morgan fingerprint density at radius 1 is 1.09 bits per heavy atom. The smallest absolute Gasteiger partial charge is 0.220 e. The highest BCUT2D eigenvalue weighted by atomic mass is 32.2. The van der Waals surface area contributed by atoms with Crippen LogP contribution in [-0.2, 0) is 11.3 Å². The lowest BCUT2D eigenvalue weighted by molar-refractivity contribution is -0.135. The number of hydrazine groups is 1. The van der Waals surface area contributed by atoms with Crippen molar-refractivity contribution < 1.29 is 4.79 Å². The first-order valence-corrected chi connectivity index (χ1v) is 12.8. The average molecular weight is 470 g/mol. The van der Waals surface area contributed by atoms with Gasteiger partial charge in [0, 0.05) is 43.5 Å². The maximum Gasteiger partial charge on any atom is 0.220 e. The average Bonchev–Trinajstić information content (AvgIpc) is 2.83. The van der Waals surface area contributed by atoms with Crippen LogP contribution < -0.4 is 15.6 Å². The Bertz CT molecular complexity index is 919. The topological polar surface area (TPSA) is 64.8 Å². The molecule has 33 heavy (non-hydrogen) atoms. The fraction of sp³-hybridized carbons (Fsp3) is 0.385. The standard InChI is InChI=1S/C24H33N5OS.C2H6/c1-18-15-27(16-19(2)29(18)21(4)30)31(5)28(24-9-7-6-8-10-24)17-22-11-13-23(14-12-22)20(3)26-25;1-2/h6-14,18-19,26H,3,5,15-17,25H2,1-2,4H3;1-2H3. The lowest BCUT2D eigenvalue weighted by Crippen LogP contribution is -2.57. The third-order valence-electron chi connectivity index (χ3n) is 5.65. The van der Waals surface area contributed by atoms with Crippen molar-refractivity contribution in [3.8, 4) is 0 Å². The number of carbonyl (C=O) groups is 1. The Labute approximate surface area is 202 Å². The van der Waals surface area contributed by atoms with E-state index in [-0.39, 0.29) is 18.0 Å². The number of hydrogen-bond donors (Lipinski definition) is 2. The molecule has 3 atom stereocenters. The zero-order valence-corrected chi connectivity index (χ0v) is 21.4. The van der Waals surface area contributed by atoms with Gasteiger partial charge in [-0.15, -0.1) is 0 Å². The second kappa shape index (κ2) is 12.6. The van der Waals surface area contributed by atoms with Crippen LogP contribution in [-0.4, -0.2) is 46.2 Å². The fourth-order valence-electron chi connectivity index (χ4n) is 4.15. The molecule has 0 saturated carbocycles. The Morgan fingerprint density at radius 2 is 1.64 bits per heavy atom. The number of piperazine rings is 1. The van der Waals surface area contributed by atoms with Crippen LogP contribution in [0.15, 0.2) is 61.2 Å². The van der Waals surface area contributed by atoms with Crippen molar-refractivity contribution in [3.05, 3.63) is 72.3 Å². The van der Waals surface area contributed by atoms with Crippen LogP contribution in [0.4, 0.5) is 5.69 Å². The number of nitrogens with two attached hydrogens (primary N) is 1. The molecular formula is C26H39N5OS. The number of para-hydroxylation sites is 1. The van der Waals surface area contributed by atoms with Crippen molar-refractivity contribution in [3.63, 3.8) is 0 Å². The van der Waals surface area contributed by atoms with Gasteiger partial charge >= 0.3 is 0 Å². The summed E-state index contributed by atoms with van der Waals surface area (Å²) in [4.78, 5) is 14.0. The first-order valence-electron chi connectivity index (χ1n) is 11.5. The summed E-state index contributed by atoms with van der Waals surface area (Å²) in [6, 6.07) is 18.9. The lowest BCUT2D eigenvalue weighted by Gasteiger charge is -2.46. The molecule has 2 aromatic rings. The van der Waals surface area contributed by atoms with Gasteiger partial charge in [0.05, 0.1) is 6.54 Å². The van der Waals surface area contributed by atoms with Gasteiger partial charge in [0.1, 0.15) is 0 Å². The second-order valence-electron chi connectivity index (χ2n) is 8.00. The minimum absolute atomic E-state index is 0.136. The van der Waals surface area contributed by atoms with Crippen LogP contribution >= 0.6 is 10.9 Å². The van der Waals surface area contributed by atoms with E-state index in [1.807, 2.05) is 36.9 Å². The van der Waals surface area contributed by atoms with Crippen LogP contribution in [0.3, 0.4) is 0 Å². The summed E-state index contributed by atoms with van der Waals surface area (Å²) in [7, 11) is -0.402. The van der Waals surface area contributed by atoms with Gasteiger partial charge in [-0.05, 0) is 53.8 Å². The summed E-state index contributed by atoms with van der Waals surface area (Å²) in [6.07, 6.45) is 0. The van der Waals surface area contributed by atoms with E-state index in [1.54, 1.807) is 6.92 Å². The molecule has 1 saturated heterocycles. The van der Waals surface area contributed by atoms with Crippen molar-refractivity contribution in [1.29, 1.82) is 0 Å². The molecule has 3 rings (SSSR count). The van der Waals surface area contributed by atoms with E-state index in [9.17, 15) is 4.79 Å². The van der Waals surface area contributed by atoms with Gasteiger partial charge in [-0.2, -0.15) is 0 Å². The fourth-order valence-corrected chi connectivity index (χ4v) is 5.87. The maximum atomic E-state index is 12.1. The highest BCUT2D eigenvalue weighted by Crippen LogP contribution is 2.34. The predicted molar refractivity (Wildman–Crippen MR) is 145 cm³/mol. The van der Waals surface area contributed by atoms with Gasteiger partial charge in [-0.25, -0.2) is 4.31 Å². The van der Waals surface area contributed by atoms with E-state index in [0.29, 0.717) is 5.70 Å². The Balaban J connectivity index is 0.00000187. The lowest BCUT2D eigenvalue weighted by atomic mass is 10.1. The largest absolute Gasteiger partial charge is 0.335 e. The number of hydrogen-bond acceptors (Lipinski definition) is 5. The van der Waals surface area contributed by atoms with E-state index in [2.05, 4.69) is 76.7 Å². The monoisotopic (exact) mass is 469 g/mol. The molecule has 1 aliphatic rings. The van der Waals surface area contributed by atoms with Gasteiger partial charge in [-0.1, -0.05) is 62.9 Å². The molecule has 2 aromatic carbocycles. The third-order valence-corrected chi connectivity index (χ3v) is 7.39. The normalized spacial score (nSPS) is 19.2. The Kier molecular flexibility index (Phi) is 10.2. The summed E-state index contributed by atoms with van der Waals surface area (Å²) in [5.74, 6) is 10.2. The summed E-state index contributed by atoms with van der Waals surface area (Å²) in [6.45, 7) is 16.1. The summed E-state index contributed by atoms with van der Waals surface area (Å²) in [5.41, 5.74) is 6.57. The van der Waals surface area contributed by atoms with Gasteiger partial charge in [0.2, 0.25) is 5.91 Å². The molecular weight excluding hydrogens is 430 g/mol. The number of amides is 1. The summed E-state index contributed by atoms with van der Waals surface area (Å²) >= 11 is 0. The van der Waals surface area contributed by atoms with E-state index in [4.69, 9.17) is 5.84 Å². The van der Waals surface area contributed by atoms with Gasteiger partial charge < -0.3 is 14.6 Å². The first kappa shape index (κ1) is 26.6. The highest BCUT2D eigenvalue weighted by molar-refractivity contribution is 8.13. The maximum absolute atomic E-state index is 12.1. The predicted octanol–water partition coefficient (Wildman–Crippen LogP) is 4.63. The molecule has 180 valence electrons. The summed E-state index contributed by atoms with van der Waals surface area (Å²) in [5, 5.41) is 0. The third kappa shape index (κ3) is 6.69. The molecule has 0 radical (unpaired) electrons. The number of benzene rings is 2. The second-order valence-corrected chi connectivity index (χ2v) is 9.64. The minimum atomic E-state index is -0.402. The number of carbonyl (C=O) groups excluding carboxylic acids is 1. The van der Waals surface area contributed by atoms with Gasteiger partial charge in [0.15, 0.2) is 0 Å². The molecule has 7 heteroatoms. The number of nitrogens with one attached hydrogen (secondary N) is 1. The molecule has 0 aromatic heterocycles. The molecule has 3 N–H and O–H groups in total. The number of nitrogens with zero attached hydrogens (tertiary/aromatic N) is 3. The zero-order chi connectivity index (χ0) is 24.5. The minimum Gasteiger partial charge on any atom is -0.335 e. The van der Waals surface area contributed by atoms with Crippen molar-refractivity contribution >= 4 is 34.0 Å². The number of rotatable bonds is 7. The Hall–Kier alpha value is -2.61. The van der Waals surface area contributed by atoms with Crippen molar-refractivity contribution in [2.24, 2.45) is 5.84 Å². The van der Waals surface area contributed by atoms with E-state index < -0.39 is 10.9 Å². The molecule has 0 aliphatic carbocycles. The Morgan fingerprint density at radius 3 is 2.12 bits per heavy atom. The molecule has 1 aliphatic heterocycles. The molecule has 0 spiro atoms. The molecule has 1 fully saturated rings. The first-order chi connectivity index (χ1) is 15.8. The van der Waals surface area contributed by atoms with Crippen LogP contribution in [0.1, 0.15) is 45.7 Å². The van der Waals surface area contributed by atoms with Crippen LogP contribution in [0.25, 0.3) is 5.70 Å². The number of anilines is 1. The molecule has 1 heterocycles. The van der Waals surface area contributed by atoms with Crippen LogP contribution in [0.2, 0.25) is 0 Å². The summed E-state index contributed by atoms with van der Waals surface area (Å²) < 4.78 is 4.74. The van der Waals surface area contributed by atoms with E-state index in [1.165, 1.54) is 5.56 Å². The van der Waals surface area contributed by atoms with Gasteiger partial charge in [-0.3, -0.25) is 10.6 Å². The molecule has 6 nitrogen and oxygen atoms in total. The molecule has 0 bridgehead atoms. The van der Waals surface area contributed by atoms with Crippen molar-refractivity contribution in [2.75, 3.05) is 17.4 Å².